The zero-order valence-corrected chi connectivity index (χ0v) is 8.75. The molecule has 0 saturated carbocycles. The molecule has 3 nitrogen and oxygen atoms in total. The Bertz CT molecular complexity index is 277. The second kappa shape index (κ2) is 4.62. The van der Waals surface area contributed by atoms with Gasteiger partial charge in [-0.3, -0.25) is 0 Å². The fourth-order valence-corrected chi connectivity index (χ4v) is 1.85. The summed E-state index contributed by atoms with van der Waals surface area (Å²) in [4.78, 5) is 2.48. The van der Waals surface area contributed by atoms with Crippen molar-refractivity contribution in [3.8, 4) is 0 Å². The zero-order valence-electron chi connectivity index (χ0n) is 8.75. The molecule has 3 heteroatoms. The predicted octanol–water partition coefficient (Wildman–Crippen LogP) is 1.04. The van der Waals surface area contributed by atoms with Gasteiger partial charge in [0.05, 0.1) is 6.26 Å². The van der Waals surface area contributed by atoms with E-state index in [0.29, 0.717) is 0 Å². The van der Waals surface area contributed by atoms with Crippen LogP contribution in [0.5, 0.6) is 0 Å². The first-order chi connectivity index (χ1) is 6.86. The van der Waals surface area contributed by atoms with Gasteiger partial charge in [-0.2, -0.15) is 0 Å². The summed E-state index contributed by atoms with van der Waals surface area (Å²) in [7, 11) is 0. The summed E-state index contributed by atoms with van der Waals surface area (Å²) in [5.74, 6) is 1.14. The molecule has 0 radical (unpaired) electrons. The van der Waals surface area contributed by atoms with E-state index in [2.05, 4.69) is 17.1 Å². The van der Waals surface area contributed by atoms with Gasteiger partial charge in [-0.1, -0.05) is 0 Å². The van der Waals surface area contributed by atoms with Gasteiger partial charge in [-0.15, -0.1) is 0 Å². The van der Waals surface area contributed by atoms with Gasteiger partial charge in [-0.25, -0.2) is 0 Å². The van der Waals surface area contributed by atoms with E-state index in [1.165, 1.54) is 18.7 Å². The molecule has 1 N–H and O–H groups in total. The van der Waals surface area contributed by atoms with Crippen LogP contribution in [0.15, 0.2) is 16.7 Å². The number of hydrogen-bond acceptors (Lipinski definition) is 3. The number of hydrogen-bond donors (Lipinski definition) is 1. The van der Waals surface area contributed by atoms with Crippen LogP contribution in [0.1, 0.15) is 11.3 Å². The number of piperazine rings is 1. The van der Waals surface area contributed by atoms with Gasteiger partial charge >= 0.3 is 0 Å². The SMILES string of the molecule is Cc1ccoc1CCN1CCNCC1. The lowest BCUT2D eigenvalue weighted by molar-refractivity contribution is 0.239. The fourth-order valence-electron chi connectivity index (χ4n) is 1.85. The Hall–Kier alpha value is -0.800. The Labute approximate surface area is 85.1 Å². The van der Waals surface area contributed by atoms with Gasteiger partial charge in [0.1, 0.15) is 5.76 Å². The highest BCUT2D eigenvalue weighted by atomic mass is 16.3. The van der Waals surface area contributed by atoms with Crippen molar-refractivity contribution in [1.82, 2.24) is 10.2 Å². The van der Waals surface area contributed by atoms with Gasteiger partial charge < -0.3 is 14.6 Å². The van der Waals surface area contributed by atoms with Gasteiger partial charge in [0, 0.05) is 39.1 Å². The molecule has 2 rings (SSSR count). The number of aryl methyl sites for hydroxylation is 1. The van der Waals surface area contributed by atoms with Crippen LogP contribution in [-0.2, 0) is 6.42 Å². The molecule has 14 heavy (non-hydrogen) atoms. The minimum Gasteiger partial charge on any atom is -0.469 e. The van der Waals surface area contributed by atoms with E-state index < -0.39 is 0 Å². The molecule has 0 unspecified atom stereocenters. The van der Waals surface area contributed by atoms with Crippen molar-refractivity contribution >= 4 is 0 Å². The van der Waals surface area contributed by atoms with Crippen molar-refractivity contribution in [2.24, 2.45) is 0 Å². The third-order valence-electron chi connectivity index (χ3n) is 2.83. The van der Waals surface area contributed by atoms with Gasteiger partial charge in [0.2, 0.25) is 0 Å². The molecule has 1 aromatic rings. The molecule has 0 atom stereocenters. The molecular formula is C11H18N2O. The Kier molecular flexibility index (Phi) is 3.22. The first-order valence-electron chi connectivity index (χ1n) is 5.32. The largest absolute Gasteiger partial charge is 0.469 e. The quantitative estimate of drug-likeness (QED) is 0.779. The molecule has 0 amide bonds. The number of furan rings is 1. The van der Waals surface area contributed by atoms with Crippen LogP contribution < -0.4 is 5.32 Å². The lowest BCUT2D eigenvalue weighted by atomic mass is 10.2. The second-order valence-electron chi connectivity index (χ2n) is 3.87. The Balaban J connectivity index is 1.79. The molecule has 0 bridgehead atoms. The van der Waals surface area contributed by atoms with Crippen LogP contribution in [0.25, 0.3) is 0 Å². The highest BCUT2D eigenvalue weighted by Crippen LogP contribution is 2.10. The lowest BCUT2D eigenvalue weighted by Crippen LogP contribution is -2.44. The van der Waals surface area contributed by atoms with E-state index in [0.717, 1.165) is 31.8 Å². The van der Waals surface area contributed by atoms with E-state index in [-0.39, 0.29) is 0 Å². The van der Waals surface area contributed by atoms with Gasteiger partial charge in [0.25, 0.3) is 0 Å². The third kappa shape index (κ3) is 2.36. The summed E-state index contributed by atoms with van der Waals surface area (Å²) in [5, 5.41) is 3.35. The predicted molar refractivity (Wildman–Crippen MR) is 56.5 cm³/mol. The van der Waals surface area contributed by atoms with Crippen LogP contribution in [-0.4, -0.2) is 37.6 Å². The van der Waals surface area contributed by atoms with Crippen LogP contribution in [0.3, 0.4) is 0 Å². The van der Waals surface area contributed by atoms with Crippen molar-refractivity contribution in [2.75, 3.05) is 32.7 Å². The molecule has 78 valence electrons. The standard InChI is InChI=1S/C11H18N2O/c1-10-3-9-14-11(10)2-6-13-7-4-12-5-8-13/h3,9,12H,2,4-8H2,1H3. The fraction of sp³-hybridized carbons (Fsp3) is 0.636. The molecule has 1 aliphatic rings. The summed E-state index contributed by atoms with van der Waals surface area (Å²) in [6.45, 7) is 7.81. The Morgan fingerprint density at radius 3 is 2.86 bits per heavy atom. The van der Waals surface area contributed by atoms with Crippen LogP contribution in [0.4, 0.5) is 0 Å². The maximum absolute atomic E-state index is 5.41. The van der Waals surface area contributed by atoms with Crippen LogP contribution in [0, 0.1) is 6.92 Å². The van der Waals surface area contributed by atoms with Crippen molar-refractivity contribution in [3.05, 3.63) is 23.7 Å². The second-order valence-corrected chi connectivity index (χ2v) is 3.87. The van der Waals surface area contributed by atoms with E-state index in [1.807, 2.05) is 6.07 Å². The summed E-state index contributed by atoms with van der Waals surface area (Å²) < 4.78 is 5.41. The summed E-state index contributed by atoms with van der Waals surface area (Å²) >= 11 is 0. The smallest absolute Gasteiger partial charge is 0.107 e. The number of rotatable bonds is 3. The molecule has 0 aromatic carbocycles. The van der Waals surface area contributed by atoms with E-state index in [4.69, 9.17) is 4.42 Å². The van der Waals surface area contributed by atoms with Gasteiger partial charge in [-0.05, 0) is 18.6 Å². The first kappa shape index (κ1) is 9.74. The van der Waals surface area contributed by atoms with Crippen LogP contribution in [0.2, 0.25) is 0 Å². The van der Waals surface area contributed by atoms with E-state index in [9.17, 15) is 0 Å². The number of nitrogens with zero attached hydrogens (tertiary/aromatic N) is 1. The third-order valence-corrected chi connectivity index (χ3v) is 2.83. The summed E-state index contributed by atoms with van der Waals surface area (Å²) in [6.07, 6.45) is 2.82. The normalized spacial score (nSPS) is 18.6. The highest BCUT2D eigenvalue weighted by Gasteiger charge is 2.10. The van der Waals surface area contributed by atoms with Gasteiger partial charge in [0.15, 0.2) is 0 Å². The molecule has 0 aliphatic carbocycles. The molecule has 1 fully saturated rings. The summed E-state index contributed by atoms with van der Waals surface area (Å²) in [5.41, 5.74) is 1.28. The summed E-state index contributed by atoms with van der Waals surface area (Å²) in [6, 6.07) is 2.03. The van der Waals surface area contributed by atoms with Crippen LogP contribution >= 0.6 is 0 Å². The molecule has 0 spiro atoms. The van der Waals surface area contributed by atoms with Crippen molar-refractivity contribution in [3.63, 3.8) is 0 Å². The Morgan fingerprint density at radius 2 is 2.21 bits per heavy atom. The van der Waals surface area contributed by atoms with Crippen molar-refractivity contribution < 1.29 is 4.42 Å². The monoisotopic (exact) mass is 194 g/mol. The molecule has 2 heterocycles. The topological polar surface area (TPSA) is 28.4 Å². The highest BCUT2D eigenvalue weighted by molar-refractivity contribution is 5.14. The van der Waals surface area contributed by atoms with E-state index >= 15 is 0 Å². The molecule has 1 saturated heterocycles. The molecule has 1 aliphatic heterocycles. The van der Waals surface area contributed by atoms with E-state index in [1.54, 1.807) is 6.26 Å². The first-order valence-corrected chi connectivity index (χ1v) is 5.32. The lowest BCUT2D eigenvalue weighted by Gasteiger charge is -2.26. The number of nitrogens with one attached hydrogen (secondary N) is 1. The average molecular weight is 194 g/mol. The molecular weight excluding hydrogens is 176 g/mol. The average Bonchev–Trinajstić information content (AvgIpc) is 2.63. The zero-order chi connectivity index (χ0) is 9.80. The maximum atomic E-state index is 5.41. The van der Waals surface area contributed by atoms with Crippen molar-refractivity contribution in [1.29, 1.82) is 0 Å². The minimum atomic E-state index is 1.04. The minimum absolute atomic E-state index is 1.04. The maximum Gasteiger partial charge on any atom is 0.107 e. The Morgan fingerprint density at radius 1 is 1.43 bits per heavy atom. The van der Waals surface area contributed by atoms with Crippen molar-refractivity contribution in [2.45, 2.75) is 13.3 Å². The molecule has 1 aromatic heterocycles.